The zero-order valence-electron chi connectivity index (χ0n) is 8.08. The van der Waals surface area contributed by atoms with Gasteiger partial charge in [-0.2, -0.15) is 0 Å². The molecule has 1 aliphatic heterocycles. The first kappa shape index (κ1) is 9.00. The average molecular weight is 183 g/mol. The van der Waals surface area contributed by atoms with Gasteiger partial charge in [-0.3, -0.25) is 4.79 Å². The fourth-order valence-electron chi connectivity index (χ4n) is 2.63. The predicted molar refractivity (Wildman–Crippen MR) is 49.3 cm³/mol. The number of ether oxygens (including phenoxy) is 1. The maximum absolute atomic E-state index is 11.2. The van der Waals surface area contributed by atoms with Crippen LogP contribution in [0.3, 0.4) is 0 Å². The first-order chi connectivity index (χ1) is 6.29. The van der Waals surface area contributed by atoms with Crippen molar-refractivity contribution in [2.75, 3.05) is 13.2 Å². The van der Waals surface area contributed by atoms with Crippen molar-refractivity contribution in [1.29, 1.82) is 0 Å². The van der Waals surface area contributed by atoms with Gasteiger partial charge in [-0.1, -0.05) is 0 Å². The van der Waals surface area contributed by atoms with Crippen LogP contribution in [0.4, 0.5) is 0 Å². The van der Waals surface area contributed by atoms with Gasteiger partial charge in [0.05, 0.1) is 6.61 Å². The molecule has 3 atom stereocenters. The molecule has 0 amide bonds. The zero-order chi connectivity index (χ0) is 9.26. The number of hydrogen-bond acceptors (Lipinski definition) is 3. The third kappa shape index (κ3) is 1.85. The molecule has 74 valence electrons. The highest BCUT2D eigenvalue weighted by Crippen LogP contribution is 2.37. The molecule has 2 rings (SSSR count). The molecule has 0 spiro atoms. The lowest BCUT2D eigenvalue weighted by Gasteiger charge is -2.21. The molecule has 1 saturated heterocycles. The number of piperidine rings is 1. The maximum Gasteiger partial charge on any atom is 0.306 e. The summed E-state index contributed by atoms with van der Waals surface area (Å²) in [5.74, 6) is 1.34. The highest BCUT2D eigenvalue weighted by Gasteiger charge is 2.40. The molecule has 13 heavy (non-hydrogen) atoms. The minimum atomic E-state index is -0.0261. The average Bonchev–Trinajstić information content (AvgIpc) is 2.65. The Bertz CT molecular complexity index is 205. The van der Waals surface area contributed by atoms with Crippen molar-refractivity contribution in [2.45, 2.75) is 32.2 Å². The van der Waals surface area contributed by atoms with Crippen molar-refractivity contribution < 1.29 is 9.53 Å². The van der Waals surface area contributed by atoms with Crippen molar-refractivity contribution in [2.24, 2.45) is 11.8 Å². The van der Waals surface area contributed by atoms with Gasteiger partial charge in [0, 0.05) is 12.5 Å². The molecule has 1 heterocycles. The normalized spacial score (nSPS) is 36.5. The van der Waals surface area contributed by atoms with Gasteiger partial charge in [0.25, 0.3) is 0 Å². The molecule has 2 aliphatic rings. The van der Waals surface area contributed by atoms with Crippen molar-refractivity contribution in [3.8, 4) is 0 Å². The van der Waals surface area contributed by atoms with Crippen LogP contribution in [-0.2, 0) is 9.53 Å². The molecular weight excluding hydrogens is 166 g/mol. The Morgan fingerprint density at radius 1 is 1.54 bits per heavy atom. The Morgan fingerprint density at radius 2 is 2.38 bits per heavy atom. The molecular formula is C10H17NO2. The quantitative estimate of drug-likeness (QED) is 0.662. The molecule has 0 aromatic carbocycles. The van der Waals surface area contributed by atoms with Gasteiger partial charge in [-0.25, -0.2) is 0 Å². The molecule has 2 fully saturated rings. The van der Waals surface area contributed by atoms with Gasteiger partial charge >= 0.3 is 5.97 Å². The molecule has 1 saturated carbocycles. The van der Waals surface area contributed by atoms with Crippen LogP contribution < -0.4 is 5.32 Å². The van der Waals surface area contributed by atoms with Crippen molar-refractivity contribution in [3.05, 3.63) is 0 Å². The van der Waals surface area contributed by atoms with Crippen molar-refractivity contribution in [1.82, 2.24) is 5.32 Å². The topological polar surface area (TPSA) is 38.3 Å². The summed E-state index contributed by atoms with van der Waals surface area (Å²) < 4.78 is 4.94. The summed E-state index contributed by atoms with van der Waals surface area (Å²) in [6.07, 6.45) is 3.10. The number of nitrogens with one attached hydrogen (secondary N) is 1. The minimum absolute atomic E-state index is 0.0261. The Kier molecular flexibility index (Phi) is 2.54. The second-order valence-electron chi connectivity index (χ2n) is 4.12. The van der Waals surface area contributed by atoms with Crippen LogP contribution in [0.2, 0.25) is 0 Å². The fourth-order valence-corrected chi connectivity index (χ4v) is 2.63. The number of fused-ring (bicyclic) bond motifs is 2. The first-order valence-electron chi connectivity index (χ1n) is 5.18. The van der Waals surface area contributed by atoms with Crippen LogP contribution >= 0.6 is 0 Å². The lowest BCUT2D eigenvalue weighted by molar-refractivity contribution is -0.144. The van der Waals surface area contributed by atoms with E-state index in [0.717, 1.165) is 12.5 Å². The molecule has 0 radical (unpaired) electrons. The van der Waals surface area contributed by atoms with E-state index in [4.69, 9.17) is 4.74 Å². The number of rotatable bonds is 3. The summed E-state index contributed by atoms with van der Waals surface area (Å²) in [6.45, 7) is 3.52. The summed E-state index contributed by atoms with van der Waals surface area (Å²) in [7, 11) is 0. The summed E-state index contributed by atoms with van der Waals surface area (Å²) in [6, 6.07) is 0.592. The van der Waals surface area contributed by atoms with E-state index >= 15 is 0 Å². The van der Waals surface area contributed by atoms with E-state index in [0.29, 0.717) is 25.0 Å². The molecule has 0 aromatic rings. The van der Waals surface area contributed by atoms with Gasteiger partial charge in [0.1, 0.15) is 0 Å². The van der Waals surface area contributed by atoms with E-state index in [9.17, 15) is 4.79 Å². The van der Waals surface area contributed by atoms with E-state index in [2.05, 4.69) is 5.32 Å². The summed E-state index contributed by atoms with van der Waals surface area (Å²) in [5, 5.41) is 3.45. The largest absolute Gasteiger partial charge is 0.466 e. The minimum Gasteiger partial charge on any atom is -0.466 e. The van der Waals surface area contributed by atoms with Gasteiger partial charge in [0.15, 0.2) is 0 Å². The van der Waals surface area contributed by atoms with Crippen LogP contribution in [-0.4, -0.2) is 25.2 Å². The molecule has 2 bridgehead atoms. The van der Waals surface area contributed by atoms with E-state index in [-0.39, 0.29) is 5.97 Å². The van der Waals surface area contributed by atoms with Crippen LogP contribution in [0.15, 0.2) is 0 Å². The lowest BCUT2D eigenvalue weighted by Crippen LogP contribution is -2.34. The SMILES string of the molecule is CCOC(=O)CC1CC2CNC1C2. The van der Waals surface area contributed by atoms with E-state index in [1.807, 2.05) is 6.92 Å². The van der Waals surface area contributed by atoms with Crippen molar-refractivity contribution in [3.63, 3.8) is 0 Å². The Hall–Kier alpha value is -0.570. The number of carbonyl (C=O) groups is 1. The summed E-state index contributed by atoms with van der Waals surface area (Å²) in [5.41, 5.74) is 0. The van der Waals surface area contributed by atoms with Gasteiger partial charge in [0.2, 0.25) is 0 Å². The molecule has 3 heteroatoms. The van der Waals surface area contributed by atoms with Crippen LogP contribution in [0, 0.1) is 11.8 Å². The number of carbonyl (C=O) groups excluding carboxylic acids is 1. The summed E-state index contributed by atoms with van der Waals surface area (Å²) >= 11 is 0. The second kappa shape index (κ2) is 3.66. The van der Waals surface area contributed by atoms with Gasteiger partial charge in [-0.05, 0) is 38.1 Å². The second-order valence-corrected chi connectivity index (χ2v) is 4.12. The Labute approximate surface area is 78.8 Å². The lowest BCUT2D eigenvalue weighted by atomic mass is 9.96. The predicted octanol–water partition coefficient (Wildman–Crippen LogP) is 0.938. The molecule has 3 nitrogen and oxygen atoms in total. The number of esters is 1. The summed E-state index contributed by atoms with van der Waals surface area (Å²) in [4.78, 5) is 11.2. The smallest absolute Gasteiger partial charge is 0.306 e. The molecule has 3 unspecified atom stereocenters. The zero-order valence-corrected chi connectivity index (χ0v) is 8.08. The highest BCUT2D eigenvalue weighted by atomic mass is 16.5. The Morgan fingerprint density at radius 3 is 2.92 bits per heavy atom. The van der Waals surface area contributed by atoms with Crippen LogP contribution in [0.25, 0.3) is 0 Å². The fraction of sp³-hybridized carbons (Fsp3) is 0.900. The third-order valence-electron chi connectivity index (χ3n) is 3.20. The van der Waals surface area contributed by atoms with Crippen LogP contribution in [0.1, 0.15) is 26.2 Å². The van der Waals surface area contributed by atoms with E-state index in [1.54, 1.807) is 0 Å². The number of hydrogen-bond donors (Lipinski definition) is 1. The highest BCUT2D eigenvalue weighted by molar-refractivity contribution is 5.69. The van der Waals surface area contributed by atoms with Gasteiger partial charge in [-0.15, -0.1) is 0 Å². The maximum atomic E-state index is 11.2. The Balaban J connectivity index is 1.79. The van der Waals surface area contributed by atoms with E-state index < -0.39 is 0 Å². The van der Waals surface area contributed by atoms with Crippen LogP contribution in [0.5, 0.6) is 0 Å². The van der Waals surface area contributed by atoms with E-state index in [1.165, 1.54) is 12.8 Å². The van der Waals surface area contributed by atoms with Crippen molar-refractivity contribution >= 4 is 5.97 Å². The molecule has 1 N–H and O–H groups in total. The third-order valence-corrected chi connectivity index (χ3v) is 3.20. The molecule has 0 aromatic heterocycles. The molecule has 1 aliphatic carbocycles. The standard InChI is InChI=1S/C10H17NO2/c1-2-13-10(12)5-8-3-7-4-9(8)11-6-7/h7-9,11H,2-6H2,1H3. The first-order valence-corrected chi connectivity index (χ1v) is 5.18. The monoisotopic (exact) mass is 183 g/mol. The van der Waals surface area contributed by atoms with Gasteiger partial charge < -0.3 is 10.1 Å².